The molecule has 0 spiro atoms. The zero-order valence-corrected chi connectivity index (χ0v) is 13.9. The van der Waals surface area contributed by atoms with Crippen LogP contribution in [-0.4, -0.2) is 38.0 Å². The van der Waals surface area contributed by atoms with Crippen LogP contribution < -0.4 is 4.74 Å². The van der Waals surface area contributed by atoms with E-state index in [1.54, 1.807) is 11.4 Å². The average molecular weight is 332 g/mol. The second-order valence-corrected chi connectivity index (χ2v) is 7.68. The SMILES string of the molecule is COc1cccc(C2CCCN2S(=O)(=O)CCCCCl)c1. The standard InChI is InChI=1S/C15H22ClNO3S/c1-20-14-7-4-6-13(12-14)15-8-5-10-17(15)21(18,19)11-3-2-9-16/h4,6-7,12,15H,2-3,5,8-11H2,1H3. The minimum atomic E-state index is -3.22. The Morgan fingerprint density at radius 1 is 1.38 bits per heavy atom. The van der Waals surface area contributed by atoms with Crippen LogP contribution in [0.1, 0.15) is 37.3 Å². The van der Waals surface area contributed by atoms with E-state index in [9.17, 15) is 8.42 Å². The summed E-state index contributed by atoms with van der Waals surface area (Å²) in [6.07, 6.45) is 3.12. The second-order valence-electron chi connectivity index (χ2n) is 5.26. The van der Waals surface area contributed by atoms with Crippen LogP contribution in [0.3, 0.4) is 0 Å². The van der Waals surface area contributed by atoms with E-state index in [1.807, 2.05) is 24.3 Å². The van der Waals surface area contributed by atoms with Gasteiger partial charge in [0.05, 0.1) is 12.9 Å². The minimum absolute atomic E-state index is 0.0684. The first-order chi connectivity index (χ1) is 10.1. The highest BCUT2D eigenvalue weighted by Gasteiger charge is 2.34. The van der Waals surface area contributed by atoms with E-state index in [2.05, 4.69) is 0 Å². The van der Waals surface area contributed by atoms with Crippen LogP contribution in [0.25, 0.3) is 0 Å². The molecule has 0 aromatic heterocycles. The zero-order valence-electron chi connectivity index (χ0n) is 12.3. The Morgan fingerprint density at radius 2 is 2.19 bits per heavy atom. The number of sulfonamides is 1. The third-order valence-electron chi connectivity index (χ3n) is 3.83. The minimum Gasteiger partial charge on any atom is -0.497 e. The van der Waals surface area contributed by atoms with E-state index in [1.165, 1.54) is 0 Å². The summed E-state index contributed by atoms with van der Waals surface area (Å²) in [7, 11) is -1.60. The first kappa shape index (κ1) is 16.6. The fourth-order valence-electron chi connectivity index (χ4n) is 2.75. The highest BCUT2D eigenvalue weighted by Crippen LogP contribution is 2.35. The van der Waals surface area contributed by atoms with Gasteiger partial charge in [0.25, 0.3) is 0 Å². The molecule has 0 N–H and O–H groups in total. The van der Waals surface area contributed by atoms with Gasteiger partial charge in [0.2, 0.25) is 10.0 Å². The fourth-order valence-corrected chi connectivity index (χ4v) is 4.77. The molecule has 1 fully saturated rings. The molecular weight excluding hydrogens is 310 g/mol. The number of unbranched alkanes of at least 4 members (excludes halogenated alkanes) is 1. The molecule has 0 saturated carbocycles. The van der Waals surface area contributed by atoms with Crippen LogP contribution in [-0.2, 0) is 10.0 Å². The van der Waals surface area contributed by atoms with Gasteiger partial charge in [0, 0.05) is 18.5 Å². The largest absolute Gasteiger partial charge is 0.497 e. The highest BCUT2D eigenvalue weighted by molar-refractivity contribution is 7.89. The molecule has 0 radical (unpaired) electrons. The van der Waals surface area contributed by atoms with Crippen molar-refractivity contribution in [2.24, 2.45) is 0 Å². The zero-order chi connectivity index (χ0) is 15.3. The third kappa shape index (κ3) is 4.11. The predicted octanol–water partition coefficient (Wildman–Crippen LogP) is 3.18. The number of alkyl halides is 1. The first-order valence-corrected chi connectivity index (χ1v) is 9.42. The van der Waals surface area contributed by atoms with Crippen LogP contribution in [0.4, 0.5) is 0 Å². The molecule has 21 heavy (non-hydrogen) atoms. The van der Waals surface area contributed by atoms with Crippen molar-refractivity contribution >= 4 is 21.6 Å². The summed E-state index contributed by atoms with van der Waals surface area (Å²) in [5.74, 6) is 1.45. The van der Waals surface area contributed by atoms with Gasteiger partial charge in [-0.25, -0.2) is 8.42 Å². The number of benzene rings is 1. The summed E-state index contributed by atoms with van der Waals surface area (Å²) in [5.41, 5.74) is 1.01. The summed E-state index contributed by atoms with van der Waals surface area (Å²) >= 11 is 5.63. The highest BCUT2D eigenvalue weighted by atomic mass is 35.5. The molecule has 1 atom stereocenters. The van der Waals surface area contributed by atoms with E-state index in [-0.39, 0.29) is 11.8 Å². The first-order valence-electron chi connectivity index (χ1n) is 7.28. The summed E-state index contributed by atoms with van der Waals surface area (Å²) in [5, 5.41) is 0. The van der Waals surface area contributed by atoms with Crippen molar-refractivity contribution in [3.05, 3.63) is 29.8 Å². The molecule has 1 aromatic rings. The number of ether oxygens (including phenoxy) is 1. The van der Waals surface area contributed by atoms with E-state index in [0.717, 1.165) is 30.6 Å². The number of hydrogen-bond donors (Lipinski definition) is 0. The number of halogens is 1. The van der Waals surface area contributed by atoms with Crippen molar-refractivity contribution < 1.29 is 13.2 Å². The molecule has 0 bridgehead atoms. The molecule has 1 unspecified atom stereocenters. The van der Waals surface area contributed by atoms with Gasteiger partial charge in [-0.2, -0.15) is 4.31 Å². The second kappa shape index (κ2) is 7.47. The smallest absolute Gasteiger partial charge is 0.214 e. The van der Waals surface area contributed by atoms with E-state index in [0.29, 0.717) is 18.8 Å². The molecule has 2 rings (SSSR count). The maximum Gasteiger partial charge on any atom is 0.214 e. The summed E-state index contributed by atoms with van der Waals surface area (Å²) in [6.45, 7) is 0.602. The quantitative estimate of drug-likeness (QED) is 0.569. The van der Waals surface area contributed by atoms with Gasteiger partial charge in [0.1, 0.15) is 5.75 Å². The Kier molecular flexibility index (Phi) is 5.90. The summed E-state index contributed by atoms with van der Waals surface area (Å²) in [4.78, 5) is 0. The maximum absolute atomic E-state index is 12.5. The number of rotatable bonds is 7. The molecule has 6 heteroatoms. The molecule has 1 aromatic carbocycles. The fraction of sp³-hybridized carbons (Fsp3) is 0.600. The maximum atomic E-state index is 12.5. The van der Waals surface area contributed by atoms with Gasteiger partial charge >= 0.3 is 0 Å². The number of methoxy groups -OCH3 is 1. The molecular formula is C15H22ClNO3S. The lowest BCUT2D eigenvalue weighted by molar-refractivity contribution is 0.389. The molecule has 118 valence electrons. The van der Waals surface area contributed by atoms with Crippen LogP contribution in [0.2, 0.25) is 0 Å². The van der Waals surface area contributed by atoms with Crippen LogP contribution in [0, 0.1) is 0 Å². The third-order valence-corrected chi connectivity index (χ3v) is 6.05. The summed E-state index contributed by atoms with van der Waals surface area (Å²) < 4.78 is 31.9. The predicted molar refractivity (Wildman–Crippen MR) is 85.4 cm³/mol. The Balaban J connectivity index is 2.15. The van der Waals surface area contributed by atoms with E-state index in [4.69, 9.17) is 16.3 Å². The van der Waals surface area contributed by atoms with Crippen molar-refractivity contribution in [1.29, 1.82) is 0 Å². The van der Waals surface area contributed by atoms with E-state index < -0.39 is 10.0 Å². The van der Waals surface area contributed by atoms with Crippen molar-refractivity contribution in [2.45, 2.75) is 31.7 Å². The van der Waals surface area contributed by atoms with Crippen molar-refractivity contribution in [2.75, 3.05) is 25.3 Å². The molecule has 1 heterocycles. The molecule has 4 nitrogen and oxygen atoms in total. The monoisotopic (exact) mass is 331 g/mol. The molecule has 0 aliphatic carbocycles. The van der Waals surface area contributed by atoms with Gasteiger partial charge < -0.3 is 4.74 Å². The lowest BCUT2D eigenvalue weighted by Gasteiger charge is -2.24. The lowest BCUT2D eigenvalue weighted by atomic mass is 10.1. The van der Waals surface area contributed by atoms with E-state index >= 15 is 0 Å². The number of nitrogens with zero attached hydrogens (tertiary/aromatic N) is 1. The molecule has 1 saturated heterocycles. The molecule has 1 aliphatic rings. The molecule has 1 aliphatic heterocycles. The topological polar surface area (TPSA) is 46.6 Å². The van der Waals surface area contributed by atoms with Crippen molar-refractivity contribution in [3.8, 4) is 5.75 Å². The molecule has 0 amide bonds. The van der Waals surface area contributed by atoms with Gasteiger partial charge in [0.15, 0.2) is 0 Å². The van der Waals surface area contributed by atoms with Crippen LogP contribution in [0.15, 0.2) is 24.3 Å². The normalized spacial score (nSPS) is 19.8. The Morgan fingerprint density at radius 3 is 2.90 bits per heavy atom. The average Bonchev–Trinajstić information content (AvgIpc) is 2.98. The lowest BCUT2D eigenvalue weighted by Crippen LogP contribution is -2.32. The van der Waals surface area contributed by atoms with Crippen LogP contribution in [0.5, 0.6) is 5.75 Å². The Bertz CT molecular complexity index is 562. The number of hydrogen-bond acceptors (Lipinski definition) is 3. The van der Waals surface area contributed by atoms with Crippen molar-refractivity contribution in [3.63, 3.8) is 0 Å². The van der Waals surface area contributed by atoms with Gasteiger partial charge in [-0.3, -0.25) is 0 Å². The summed E-state index contributed by atoms with van der Waals surface area (Å²) in [6, 6.07) is 7.61. The van der Waals surface area contributed by atoms with Gasteiger partial charge in [-0.15, -0.1) is 11.6 Å². The van der Waals surface area contributed by atoms with Crippen LogP contribution >= 0.6 is 11.6 Å². The van der Waals surface area contributed by atoms with Crippen molar-refractivity contribution in [1.82, 2.24) is 4.31 Å². The Labute approximate surface area is 132 Å². The van der Waals surface area contributed by atoms with Gasteiger partial charge in [-0.1, -0.05) is 12.1 Å². The Hall–Kier alpha value is -0.780. The van der Waals surface area contributed by atoms with Gasteiger partial charge in [-0.05, 0) is 43.4 Å².